The molecule has 0 bridgehead atoms. The maximum atomic E-state index is 6.54. The lowest BCUT2D eigenvalue weighted by Crippen LogP contribution is -2.32. The van der Waals surface area contributed by atoms with Gasteiger partial charge >= 0.3 is 0 Å². The van der Waals surface area contributed by atoms with Gasteiger partial charge in [0.15, 0.2) is 0 Å². The van der Waals surface area contributed by atoms with Crippen LogP contribution in [0, 0.1) is 0 Å². The number of imidazole rings is 2. The van der Waals surface area contributed by atoms with Crippen LogP contribution in [0.5, 0.6) is 0 Å². The van der Waals surface area contributed by atoms with Gasteiger partial charge in [0.25, 0.3) is 0 Å². The molecule has 2 aromatic heterocycles. The second-order valence-electron chi connectivity index (χ2n) is 6.58. The number of piperidine rings is 1. The minimum absolute atomic E-state index is 0.122. The van der Waals surface area contributed by atoms with Crippen molar-refractivity contribution in [1.29, 1.82) is 0 Å². The summed E-state index contributed by atoms with van der Waals surface area (Å²) in [5, 5.41) is 3.69. The van der Waals surface area contributed by atoms with Gasteiger partial charge in [-0.15, -0.1) is 0 Å². The average molecular weight is 352 g/mol. The zero-order valence-electron chi connectivity index (χ0n) is 13.6. The number of para-hydroxylation sites is 4. The van der Waals surface area contributed by atoms with Gasteiger partial charge in [-0.25, -0.2) is 14.1 Å². The van der Waals surface area contributed by atoms with Gasteiger partial charge < -0.3 is 4.98 Å². The van der Waals surface area contributed by atoms with E-state index in [-0.39, 0.29) is 12.1 Å². The molecule has 3 heterocycles. The fraction of sp³-hybridized carbons (Fsp3) is 0.263. The number of nitrogens with zero attached hydrogens (tertiary/aromatic N) is 3. The molecule has 4 aromatic rings. The highest BCUT2D eigenvalue weighted by molar-refractivity contribution is 6.19. The summed E-state index contributed by atoms with van der Waals surface area (Å²) in [6.45, 7) is 0. The first-order valence-corrected chi connectivity index (χ1v) is 8.97. The number of fused-ring (bicyclic) bond motifs is 2. The van der Waals surface area contributed by atoms with Crippen molar-refractivity contribution in [3.63, 3.8) is 0 Å². The minimum Gasteiger partial charge on any atom is -0.341 e. The lowest BCUT2D eigenvalue weighted by atomic mass is 9.97. The Bertz CT molecular complexity index is 1020. The molecule has 2 unspecified atom stereocenters. The lowest BCUT2D eigenvalue weighted by Gasteiger charge is -2.29. The van der Waals surface area contributed by atoms with E-state index in [9.17, 15) is 0 Å². The second kappa shape index (κ2) is 5.86. The quantitative estimate of drug-likeness (QED) is 0.560. The van der Waals surface area contributed by atoms with E-state index in [1.165, 1.54) is 0 Å². The zero-order chi connectivity index (χ0) is 16.8. The van der Waals surface area contributed by atoms with E-state index in [1.54, 1.807) is 4.09 Å². The third-order valence-corrected chi connectivity index (χ3v) is 5.32. The predicted molar refractivity (Wildman–Crippen MR) is 99.5 cm³/mol. The van der Waals surface area contributed by atoms with Crippen molar-refractivity contribution < 1.29 is 0 Å². The number of halogens is 1. The van der Waals surface area contributed by atoms with Crippen LogP contribution in [0.1, 0.15) is 43.0 Å². The Labute approximate surface area is 150 Å². The molecule has 5 rings (SSSR count). The number of H-pyrrole nitrogens is 1. The molecule has 5 nitrogen and oxygen atoms in total. The molecule has 2 aromatic carbocycles. The third-order valence-electron chi connectivity index (χ3n) is 4.97. The van der Waals surface area contributed by atoms with Gasteiger partial charge in [-0.05, 0) is 43.5 Å². The summed E-state index contributed by atoms with van der Waals surface area (Å²) in [5.74, 6) is 1.87. The molecule has 1 saturated heterocycles. The average Bonchev–Trinajstić information content (AvgIpc) is 3.24. The maximum Gasteiger partial charge on any atom is 0.141 e. The van der Waals surface area contributed by atoms with Gasteiger partial charge in [0.05, 0.1) is 34.2 Å². The van der Waals surface area contributed by atoms with Crippen LogP contribution < -0.4 is 5.32 Å². The van der Waals surface area contributed by atoms with Crippen molar-refractivity contribution in [2.45, 2.75) is 31.3 Å². The van der Waals surface area contributed by atoms with Crippen molar-refractivity contribution in [2.24, 2.45) is 0 Å². The number of aromatic nitrogens is 4. The molecule has 2 N–H and O–H groups in total. The first kappa shape index (κ1) is 14.9. The maximum absolute atomic E-state index is 6.54. The predicted octanol–water partition coefficient (Wildman–Crippen LogP) is 4.47. The van der Waals surface area contributed by atoms with E-state index in [2.05, 4.69) is 16.4 Å². The van der Waals surface area contributed by atoms with Crippen LogP contribution >= 0.6 is 11.8 Å². The van der Waals surface area contributed by atoms with Crippen LogP contribution in [0.25, 0.3) is 22.1 Å². The lowest BCUT2D eigenvalue weighted by molar-refractivity contribution is 0.313. The normalized spacial score (nSPS) is 21.2. The molecular formula is C19H18ClN5. The highest BCUT2D eigenvalue weighted by Crippen LogP contribution is 2.33. The van der Waals surface area contributed by atoms with Gasteiger partial charge in [0, 0.05) is 11.8 Å². The van der Waals surface area contributed by atoms with Gasteiger partial charge in [-0.2, -0.15) is 0 Å². The molecule has 0 spiro atoms. The molecular weight excluding hydrogens is 334 g/mol. The zero-order valence-corrected chi connectivity index (χ0v) is 14.4. The van der Waals surface area contributed by atoms with Gasteiger partial charge in [-0.3, -0.25) is 5.32 Å². The van der Waals surface area contributed by atoms with Crippen LogP contribution in [-0.2, 0) is 0 Å². The van der Waals surface area contributed by atoms with Crippen molar-refractivity contribution in [3.8, 4) is 0 Å². The van der Waals surface area contributed by atoms with Crippen molar-refractivity contribution >= 4 is 33.8 Å². The number of hydrogen-bond acceptors (Lipinski definition) is 3. The summed E-state index contributed by atoms with van der Waals surface area (Å²) in [6.07, 6.45) is 3.19. The molecule has 25 heavy (non-hydrogen) atoms. The number of aromatic amines is 1. The minimum atomic E-state index is 0.122. The summed E-state index contributed by atoms with van der Waals surface area (Å²) in [6, 6.07) is 16.4. The molecule has 2 atom stereocenters. The standard InChI is InChI=1S/C19H18ClN5/c20-25-17-11-4-3-8-14(17)24-19(25)16-10-5-9-15(21-16)18-22-12-6-1-2-7-13(12)23-18/h1-4,6-8,11,15-16,21H,5,9-10H2,(H,22,23). The Morgan fingerprint density at radius 3 is 2.52 bits per heavy atom. The Balaban J connectivity index is 1.48. The Kier molecular flexibility index (Phi) is 3.50. The second-order valence-corrected chi connectivity index (χ2v) is 6.92. The molecule has 126 valence electrons. The van der Waals surface area contributed by atoms with E-state index >= 15 is 0 Å². The van der Waals surface area contributed by atoms with E-state index < -0.39 is 0 Å². The number of nitrogens with one attached hydrogen (secondary N) is 2. The third kappa shape index (κ3) is 2.51. The monoisotopic (exact) mass is 351 g/mol. The Hall–Kier alpha value is -2.37. The van der Waals surface area contributed by atoms with Gasteiger partial charge in [0.1, 0.15) is 11.6 Å². The summed E-state index contributed by atoms with van der Waals surface area (Å²) < 4.78 is 1.69. The summed E-state index contributed by atoms with van der Waals surface area (Å²) in [7, 11) is 0. The summed E-state index contributed by atoms with van der Waals surface area (Å²) in [5.41, 5.74) is 3.96. The molecule has 0 aliphatic carbocycles. The summed E-state index contributed by atoms with van der Waals surface area (Å²) >= 11 is 6.54. The molecule has 0 amide bonds. The first-order valence-electron chi connectivity index (χ1n) is 8.64. The first-order chi connectivity index (χ1) is 12.3. The molecule has 0 radical (unpaired) electrons. The van der Waals surface area contributed by atoms with E-state index in [1.807, 2.05) is 42.5 Å². The number of benzene rings is 2. The Morgan fingerprint density at radius 2 is 1.68 bits per heavy atom. The van der Waals surface area contributed by atoms with E-state index in [4.69, 9.17) is 21.7 Å². The topological polar surface area (TPSA) is 58.5 Å². The van der Waals surface area contributed by atoms with Crippen molar-refractivity contribution in [3.05, 3.63) is 60.2 Å². The van der Waals surface area contributed by atoms with Gasteiger partial charge in [-0.1, -0.05) is 24.3 Å². The van der Waals surface area contributed by atoms with Crippen molar-refractivity contribution in [1.82, 2.24) is 24.4 Å². The van der Waals surface area contributed by atoms with E-state index in [0.717, 1.165) is 53.0 Å². The Morgan fingerprint density at radius 1 is 0.920 bits per heavy atom. The van der Waals surface area contributed by atoms with Crippen LogP contribution in [0.15, 0.2) is 48.5 Å². The fourth-order valence-corrected chi connectivity index (χ4v) is 4.02. The highest BCUT2D eigenvalue weighted by Gasteiger charge is 2.28. The van der Waals surface area contributed by atoms with Gasteiger partial charge in [0.2, 0.25) is 0 Å². The van der Waals surface area contributed by atoms with E-state index in [0.29, 0.717) is 0 Å². The fourth-order valence-electron chi connectivity index (χ4n) is 3.72. The molecule has 0 saturated carbocycles. The SMILES string of the molecule is Cln1c(C2CCCC(c3nc4ccccc4[nH]3)N2)nc2ccccc21. The largest absolute Gasteiger partial charge is 0.341 e. The molecule has 1 fully saturated rings. The van der Waals surface area contributed by atoms with Crippen LogP contribution in [0.2, 0.25) is 0 Å². The van der Waals surface area contributed by atoms with Crippen LogP contribution in [0.4, 0.5) is 0 Å². The number of hydrogen-bond donors (Lipinski definition) is 2. The highest BCUT2D eigenvalue weighted by atomic mass is 35.5. The number of rotatable bonds is 2. The van der Waals surface area contributed by atoms with Crippen LogP contribution in [-0.4, -0.2) is 19.0 Å². The molecule has 6 heteroatoms. The summed E-state index contributed by atoms with van der Waals surface area (Å²) in [4.78, 5) is 12.9. The van der Waals surface area contributed by atoms with Crippen molar-refractivity contribution in [2.75, 3.05) is 0 Å². The van der Waals surface area contributed by atoms with Crippen LogP contribution in [0.3, 0.4) is 0 Å². The smallest absolute Gasteiger partial charge is 0.141 e. The molecule has 1 aliphatic heterocycles. The molecule has 1 aliphatic rings.